The molecule has 116 valence electrons. The average Bonchev–Trinajstić information content (AvgIpc) is 3.06. The molecule has 0 spiro atoms. The van der Waals surface area contributed by atoms with Gasteiger partial charge >= 0.3 is 0 Å². The van der Waals surface area contributed by atoms with Crippen molar-refractivity contribution in [2.45, 2.75) is 13.0 Å². The molecule has 0 bridgehead atoms. The van der Waals surface area contributed by atoms with E-state index in [0.29, 0.717) is 16.3 Å². The number of benzene rings is 2. The van der Waals surface area contributed by atoms with E-state index in [1.165, 1.54) is 6.20 Å². The van der Waals surface area contributed by atoms with E-state index in [0.717, 1.165) is 11.1 Å². The van der Waals surface area contributed by atoms with Crippen molar-refractivity contribution in [3.05, 3.63) is 76.9 Å². The number of H-pyrrole nitrogens is 1. The van der Waals surface area contributed by atoms with Crippen molar-refractivity contribution in [1.29, 1.82) is 0 Å². The van der Waals surface area contributed by atoms with Crippen LogP contribution >= 0.6 is 11.6 Å². The predicted molar refractivity (Wildman–Crippen MR) is 91.4 cm³/mol. The Kier molecular flexibility index (Phi) is 4.44. The fourth-order valence-electron chi connectivity index (χ4n) is 2.39. The maximum absolute atomic E-state index is 12.6. The maximum atomic E-state index is 12.6. The minimum atomic E-state index is -0.167. The molecule has 3 rings (SSSR count). The van der Waals surface area contributed by atoms with Crippen LogP contribution < -0.4 is 5.32 Å². The van der Waals surface area contributed by atoms with Gasteiger partial charge in [0.05, 0.1) is 23.5 Å². The van der Waals surface area contributed by atoms with E-state index >= 15 is 0 Å². The largest absolute Gasteiger partial charge is 0.345 e. The SMILES string of the molecule is C[C@@H](NC(=O)c1cn[nH]c1-c1ccc(Cl)cc1)c1ccccc1. The normalized spacial score (nSPS) is 11.9. The summed E-state index contributed by atoms with van der Waals surface area (Å²) in [5.74, 6) is -0.167. The predicted octanol–water partition coefficient (Wildman–Crippen LogP) is 4.22. The van der Waals surface area contributed by atoms with Gasteiger partial charge < -0.3 is 5.32 Å². The molecule has 5 heteroatoms. The highest BCUT2D eigenvalue weighted by atomic mass is 35.5. The summed E-state index contributed by atoms with van der Waals surface area (Å²) in [4.78, 5) is 12.6. The quantitative estimate of drug-likeness (QED) is 0.754. The summed E-state index contributed by atoms with van der Waals surface area (Å²) in [6, 6.07) is 17.0. The monoisotopic (exact) mass is 325 g/mol. The average molecular weight is 326 g/mol. The highest BCUT2D eigenvalue weighted by Gasteiger charge is 2.17. The van der Waals surface area contributed by atoms with Crippen LogP contribution in [0.3, 0.4) is 0 Å². The number of carbonyl (C=O) groups is 1. The van der Waals surface area contributed by atoms with Crippen LogP contribution in [-0.4, -0.2) is 16.1 Å². The van der Waals surface area contributed by atoms with Crippen LogP contribution in [-0.2, 0) is 0 Å². The molecular weight excluding hydrogens is 310 g/mol. The van der Waals surface area contributed by atoms with Crippen molar-refractivity contribution in [3.63, 3.8) is 0 Å². The van der Waals surface area contributed by atoms with Crippen molar-refractivity contribution in [3.8, 4) is 11.3 Å². The van der Waals surface area contributed by atoms with Crippen LogP contribution in [0.5, 0.6) is 0 Å². The van der Waals surface area contributed by atoms with Crippen LogP contribution in [0.2, 0.25) is 5.02 Å². The first kappa shape index (κ1) is 15.3. The molecule has 1 atom stereocenters. The number of halogens is 1. The van der Waals surface area contributed by atoms with Gasteiger partial charge in [0.15, 0.2) is 0 Å². The minimum Gasteiger partial charge on any atom is -0.345 e. The molecule has 2 N–H and O–H groups in total. The summed E-state index contributed by atoms with van der Waals surface area (Å²) >= 11 is 5.91. The Morgan fingerprint density at radius 2 is 1.83 bits per heavy atom. The third-order valence-electron chi connectivity index (χ3n) is 3.66. The Labute approximate surface area is 139 Å². The lowest BCUT2D eigenvalue weighted by Crippen LogP contribution is -2.26. The molecule has 0 unspecified atom stereocenters. The second kappa shape index (κ2) is 6.67. The topological polar surface area (TPSA) is 57.8 Å². The first-order valence-corrected chi connectivity index (χ1v) is 7.68. The van der Waals surface area contributed by atoms with Gasteiger partial charge in [0.1, 0.15) is 0 Å². The van der Waals surface area contributed by atoms with Crippen molar-refractivity contribution < 1.29 is 4.79 Å². The van der Waals surface area contributed by atoms with E-state index in [4.69, 9.17) is 11.6 Å². The van der Waals surface area contributed by atoms with Gasteiger partial charge in [-0.1, -0.05) is 54.1 Å². The maximum Gasteiger partial charge on any atom is 0.255 e. The molecule has 0 aliphatic heterocycles. The van der Waals surface area contributed by atoms with E-state index in [2.05, 4.69) is 15.5 Å². The molecule has 0 aliphatic rings. The van der Waals surface area contributed by atoms with E-state index in [1.807, 2.05) is 49.4 Å². The second-order valence-corrected chi connectivity index (χ2v) is 5.71. The number of rotatable bonds is 4. The Bertz CT molecular complexity index is 797. The van der Waals surface area contributed by atoms with Gasteiger partial charge in [-0.3, -0.25) is 9.89 Å². The lowest BCUT2D eigenvalue weighted by Gasteiger charge is -2.14. The molecule has 1 aromatic heterocycles. The number of aromatic nitrogens is 2. The second-order valence-electron chi connectivity index (χ2n) is 5.27. The molecule has 0 fully saturated rings. The number of nitrogens with zero attached hydrogens (tertiary/aromatic N) is 1. The lowest BCUT2D eigenvalue weighted by molar-refractivity contribution is 0.0940. The van der Waals surface area contributed by atoms with Crippen molar-refractivity contribution >= 4 is 17.5 Å². The molecule has 1 amide bonds. The van der Waals surface area contributed by atoms with Crippen molar-refractivity contribution in [2.75, 3.05) is 0 Å². The van der Waals surface area contributed by atoms with Gasteiger partial charge in [-0.25, -0.2) is 0 Å². The Balaban J connectivity index is 1.81. The van der Waals surface area contributed by atoms with Crippen molar-refractivity contribution in [2.24, 2.45) is 0 Å². The molecule has 2 aromatic carbocycles. The first-order valence-electron chi connectivity index (χ1n) is 7.30. The molecule has 3 aromatic rings. The van der Waals surface area contributed by atoms with E-state index in [1.54, 1.807) is 12.1 Å². The lowest BCUT2D eigenvalue weighted by atomic mass is 10.1. The van der Waals surface area contributed by atoms with Gasteiger partial charge in [0.2, 0.25) is 0 Å². The van der Waals surface area contributed by atoms with Crippen LogP contribution in [0.1, 0.15) is 28.9 Å². The Morgan fingerprint density at radius 1 is 1.13 bits per heavy atom. The zero-order valence-corrected chi connectivity index (χ0v) is 13.3. The van der Waals surface area contributed by atoms with Crippen molar-refractivity contribution in [1.82, 2.24) is 15.5 Å². The van der Waals surface area contributed by atoms with Crippen LogP contribution in [0.4, 0.5) is 0 Å². The number of aromatic amines is 1. The fraction of sp³-hybridized carbons (Fsp3) is 0.111. The summed E-state index contributed by atoms with van der Waals surface area (Å²) in [6.45, 7) is 1.95. The summed E-state index contributed by atoms with van der Waals surface area (Å²) in [7, 11) is 0. The summed E-state index contributed by atoms with van der Waals surface area (Å²) < 4.78 is 0. The van der Waals surface area contributed by atoms with Gasteiger partial charge in [-0.2, -0.15) is 5.10 Å². The highest BCUT2D eigenvalue weighted by molar-refractivity contribution is 6.30. The Morgan fingerprint density at radius 3 is 2.52 bits per heavy atom. The molecule has 23 heavy (non-hydrogen) atoms. The van der Waals surface area contributed by atoms with Crippen LogP contribution in [0.25, 0.3) is 11.3 Å². The van der Waals surface area contributed by atoms with Crippen LogP contribution in [0.15, 0.2) is 60.8 Å². The minimum absolute atomic E-state index is 0.0864. The van der Waals surface area contributed by atoms with Gasteiger partial charge in [-0.05, 0) is 24.6 Å². The third-order valence-corrected chi connectivity index (χ3v) is 3.92. The van der Waals surface area contributed by atoms with Crippen LogP contribution in [0, 0.1) is 0 Å². The van der Waals surface area contributed by atoms with Gasteiger partial charge in [0, 0.05) is 10.6 Å². The Hall–Kier alpha value is -2.59. The number of amides is 1. The molecule has 0 aliphatic carbocycles. The standard InChI is InChI=1S/C18H16ClN3O/c1-12(13-5-3-2-4-6-13)21-18(23)16-11-20-22-17(16)14-7-9-15(19)10-8-14/h2-12H,1H3,(H,20,22)(H,21,23)/t12-/m1/s1. The first-order chi connectivity index (χ1) is 11.1. The number of nitrogens with one attached hydrogen (secondary N) is 2. The zero-order valence-electron chi connectivity index (χ0n) is 12.6. The zero-order chi connectivity index (χ0) is 16.2. The molecule has 0 radical (unpaired) electrons. The third kappa shape index (κ3) is 3.43. The molecule has 4 nitrogen and oxygen atoms in total. The summed E-state index contributed by atoms with van der Waals surface area (Å²) in [5, 5.41) is 10.5. The van der Waals surface area contributed by atoms with Gasteiger partial charge in [-0.15, -0.1) is 0 Å². The highest BCUT2D eigenvalue weighted by Crippen LogP contribution is 2.23. The van der Waals surface area contributed by atoms with Gasteiger partial charge in [0.25, 0.3) is 5.91 Å². The van der Waals surface area contributed by atoms with E-state index in [-0.39, 0.29) is 11.9 Å². The smallest absolute Gasteiger partial charge is 0.255 e. The van der Waals surface area contributed by atoms with E-state index < -0.39 is 0 Å². The number of hydrogen-bond acceptors (Lipinski definition) is 2. The molecule has 0 saturated carbocycles. The van der Waals surface area contributed by atoms with E-state index in [9.17, 15) is 4.79 Å². The fourth-order valence-corrected chi connectivity index (χ4v) is 2.52. The molecule has 1 heterocycles. The molecule has 0 saturated heterocycles. The number of carbonyl (C=O) groups excluding carboxylic acids is 1. The summed E-state index contributed by atoms with van der Waals surface area (Å²) in [5.41, 5.74) is 3.11. The number of hydrogen-bond donors (Lipinski definition) is 2. The summed E-state index contributed by atoms with van der Waals surface area (Å²) in [6.07, 6.45) is 1.54. The molecular formula is C18H16ClN3O.